The van der Waals surface area contributed by atoms with Gasteiger partial charge in [-0.15, -0.1) is 0 Å². The number of anilines is 1. The Bertz CT molecular complexity index is 1090. The molecular weight excluding hydrogens is 420 g/mol. The number of hydrogen-bond acceptors (Lipinski definition) is 7. The van der Waals surface area contributed by atoms with Crippen molar-refractivity contribution in [2.75, 3.05) is 31.1 Å². The molecule has 3 heterocycles. The molecule has 0 saturated carbocycles. The van der Waals surface area contributed by atoms with E-state index in [1.54, 1.807) is 0 Å². The molecule has 8 heteroatoms. The van der Waals surface area contributed by atoms with Crippen molar-refractivity contribution in [1.82, 2.24) is 15.0 Å². The number of piperidine rings is 1. The predicted octanol–water partition coefficient (Wildman–Crippen LogP) is 3.92. The topological polar surface area (TPSA) is 80.9 Å². The van der Waals surface area contributed by atoms with E-state index in [-0.39, 0.29) is 5.91 Å². The normalized spacial score (nSPS) is 17.9. The van der Waals surface area contributed by atoms with Gasteiger partial charge in [0, 0.05) is 18.7 Å². The number of para-hydroxylation sites is 2. The zero-order valence-corrected chi connectivity index (χ0v) is 18.8. The fourth-order valence-corrected chi connectivity index (χ4v) is 4.37. The van der Waals surface area contributed by atoms with Crippen LogP contribution in [0.3, 0.4) is 0 Å². The van der Waals surface area contributed by atoms with Crippen LogP contribution in [-0.4, -0.2) is 53.3 Å². The van der Waals surface area contributed by atoms with Crippen LogP contribution in [0.5, 0.6) is 11.5 Å². The SMILES string of the molecule is CCOc1ccc(-c2noc(CN3CC(C(=O)N4CCCCC4)Oc4ccccc43)n2)cc1. The van der Waals surface area contributed by atoms with Crippen LogP contribution >= 0.6 is 0 Å². The Morgan fingerprint density at radius 1 is 1.09 bits per heavy atom. The van der Waals surface area contributed by atoms with Gasteiger partial charge in [-0.3, -0.25) is 4.79 Å². The van der Waals surface area contributed by atoms with Gasteiger partial charge in [0.25, 0.3) is 5.91 Å². The highest BCUT2D eigenvalue weighted by Crippen LogP contribution is 2.34. The van der Waals surface area contributed by atoms with Gasteiger partial charge < -0.3 is 23.8 Å². The first-order chi connectivity index (χ1) is 16.2. The predicted molar refractivity (Wildman–Crippen MR) is 123 cm³/mol. The molecule has 8 nitrogen and oxygen atoms in total. The van der Waals surface area contributed by atoms with Gasteiger partial charge in [-0.2, -0.15) is 4.98 Å². The summed E-state index contributed by atoms with van der Waals surface area (Å²) in [5, 5.41) is 4.15. The molecule has 0 N–H and O–H groups in total. The van der Waals surface area contributed by atoms with Gasteiger partial charge >= 0.3 is 0 Å². The number of carbonyl (C=O) groups excluding carboxylic acids is 1. The summed E-state index contributed by atoms with van der Waals surface area (Å²) in [5.74, 6) is 2.56. The highest BCUT2D eigenvalue weighted by atomic mass is 16.5. The molecule has 5 rings (SSSR count). The van der Waals surface area contributed by atoms with Crippen molar-refractivity contribution in [2.24, 2.45) is 0 Å². The molecule has 1 amide bonds. The maximum absolute atomic E-state index is 13.1. The average molecular weight is 449 g/mol. The van der Waals surface area contributed by atoms with E-state index in [9.17, 15) is 4.79 Å². The summed E-state index contributed by atoms with van der Waals surface area (Å²) in [4.78, 5) is 21.7. The quantitative estimate of drug-likeness (QED) is 0.565. The van der Waals surface area contributed by atoms with Crippen molar-refractivity contribution < 1.29 is 18.8 Å². The molecule has 1 unspecified atom stereocenters. The van der Waals surface area contributed by atoms with E-state index >= 15 is 0 Å². The number of ether oxygens (including phenoxy) is 2. The summed E-state index contributed by atoms with van der Waals surface area (Å²) in [6, 6.07) is 15.4. The fourth-order valence-electron chi connectivity index (χ4n) is 4.37. The Hall–Kier alpha value is -3.55. The van der Waals surface area contributed by atoms with E-state index in [0.29, 0.717) is 37.2 Å². The monoisotopic (exact) mass is 448 g/mol. The van der Waals surface area contributed by atoms with Crippen molar-refractivity contribution in [2.45, 2.75) is 38.8 Å². The third-order valence-electron chi connectivity index (χ3n) is 6.02. The highest BCUT2D eigenvalue weighted by molar-refractivity contribution is 5.83. The molecule has 0 aliphatic carbocycles. The van der Waals surface area contributed by atoms with Crippen molar-refractivity contribution in [3.8, 4) is 22.9 Å². The minimum absolute atomic E-state index is 0.0507. The molecule has 0 spiro atoms. The van der Waals surface area contributed by atoms with E-state index in [4.69, 9.17) is 14.0 Å². The Labute approximate surface area is 193 Å². The second-order valence-electron chi connectivity index (χ2n) is 8.31. The fraction of sp³-hybridized carbons (Fsp3) is 0.400. The summed E-state index contributed by atoms with van der Waals surface area (Å²) in [5.41, 5.74) is 1.77. The molecule has 2 aliphatic rings. The van der Waals surface area contributed by atoms with Gasteiger partial charge in [0.1, 0.15) is 11.5 Å². The lowest BCUT2D eigenvalue weighted by Gasteiger charge is -2.37. The molecule has 2 aliphatic heterocycles. The number of amides is 1. The minimum Gasteiger partial charge on any atom is -0.494 e. The van der Waals surface area contributed by atoms with E-state index in [1.165, 1.54) is 6.42 Å². The number of aromatic nitrogens is 2. The van der Waals surface area contributed by atoms with Gasteiger partial charge in [-0.25, -0.2) is 0 Å². The summed E-state index contributed by atoms with van der Waals surface area (Å²) in [7, 11) is 0. The van der Waals surface area contributed by atoms with Crippen molar-refractivity contribution in [3.05, 3.63) is 54.4 Å². The lowest BCUT2D eigenvalue weighted by molar-refractivity contribution is -0.139. The molecule has 33 heavy (non-hydrogen) atoms. The third-order valence-corrected chi connectivity index (χ3v) is 6.02. The summed E-state index contributed by atoms with van der Waals surface area (Å²) >= 11 is 0. The van der Waals surface area contributed by atoms with E-state index in [2.05, 4.69) is 15.0 Å². The van der Waals surface area contributed by atoms with Crippen molar-refractivity contribution in [1.29, 1.82) is 0 Å². The summed E-state index contributed by atoms with van der Waals surface area (Å²) in [6.45, 7) is 5.01. The molecular formula is C25H28N4O4. The largest absolute Gasteiger partial charge is 0.494 e. The van der Waals surface area contributed by atoms with Crippen LogP contribution in [0, 0.1) is 0 Å². The van der Waals surface area contributed by atoms with E-state index in [1.807, 2.05) is 60.4 Å². The lowest BCUT2D eigenvalue weighted by atomic mass is 10.1. The van der Waals surface area contributed by atoms with Crippen LogP contribution in [0.1, 0.15) is 32.1 Å². The Balaban J connectivity index is 1.33. The number of nitrogens with zero attached hydrogens (tertiary/aromatic N) is 4. The van der Waals surface area contributed by atoms with Crippen LogP contribution < -0.4 is 14.4 Å². The summed E-state index contributed by atoms with van der Waals surface area (Å²) < 4.78 is 17.2. The maximum Gasteiger partial charge on any atom is 0.265 e. The number of carbonyl (C=O) groups is 1. The first kappa shape index (κ1) is 21.3. The molecule has 1 aromatic heterocycles. The molecule has 1 fully saturated rings. The minimum atomic E-state index is -0.550. The van der Waals surface area contributed by atoms with Gasteiger partial charge in [-0.1, -0.05) is 17.3 Å². The van der Waals surface area contributed by atoms with Crippen LogP contribution in [0.25, 0.3) is 11.4 Å². The van der Waals surface area contributed by atoms with Crippen LogP contribution in [0.15, 0.2) is 53.1 Å². The Kier molecular flexibility index (Phi) is 6.15. The summed E-state index contributed by atoms with van der Waals surface area (Å²) in [6.07, 6.45) is 2.73. The first-order valence-electron chi connectivity index (χ1n) is 11.6. The molecule has 1 atom stereocenters. The third kappa shape index (κ3) is 4.65. The van der Waals surface area contributed by atoms with Crippen molar-refractivity contribution in [3.63, 3.8) is 0 Å². The van der Waals surface area contributed by atoms with Crippen LogP contribution in [0.2, 0.25) is 0 Å². The van der Waals surface area contributed by atoms with Crippen molar-refractivity contribution >= 4 is 11.6 Å². The molecule has 3 aromatic rings. The highest BCUT2D eigenvalue weighted by Gasteiger charge is 2.34. The zero-order valence-electron chi connectivity index (χ0n) is 18.8. The number of hydrogen-bond donors (Lipinski definition) is 0. The van der Waals surface area contributed by atoms with Crippen LogP contribution in [0.4, 0.5) is 5.69 Å². The molecule has 2 aromatic carbocycles. The average Bonchev–Trinajstić information content (AvgIpc) is 3.33. The Morgan fingerprint density at radius 3 is 2.67 bits per heavy atom. The maximum atomic E-state index is 13.1. The number of benzene rings is 2. The number of fused-ring (bicyclic) bond motifs is 1. The standard InChI is InChI=1S/C25H28N4O4/c1-2-31-19-12-10-18(11-13-19)24-26-23(33-27-24)17-29-16-22(25(30)28-14-6-3-7-15-28)32-21-9-5-4-8-20(21)29/h4-5,8-13,22H,2-3,6-7,14-17H2,1H3. The van der Waals surface area contributed by atoms with Gasteiger partial charge in [0.15, 0.2) is 6.10 Å². The molecule has 172 valence electrons. The lowest BCUT2D eigenvalue weighted by Crippen LogP contribution is -2.51. The second kappa shape index (κ2) is 9.52. The first-order valence-corrected chi connectivity index (χ1v) is 11.6. The van der Waals surface area contributed by atoms with E-state index in [0.717, 1.165) is 42.9 Å². The van der Waals surface area contributed by atoms with Gasteiger partial charge in [-0.05, 0) is 62.6 Å². The molecule has 0 radical (unpaired) electrons. The van der Waals surface area contributed by atoms with E-state index < -0.39 is 6.10 Å². The second-order valence-corrected chi connectivity index (χ2v) is 8.31. The Morgan fingerprint density at radius 2 is 1.88 bits per heavy atom. The zero-order chi connectivity index (χ0) is 22.6. The molecule has 0 bridgehead atoms. The molecule has 1 saturated heterocycles. The van der Waals surface area contributed by atoms with Crippen LogP contribution in [-0.2, 0) is 11.3 Å². The number of likely N-dealkylation sites (tertiary alicyclic amines) is 1. The van der Waals surface area contributed by atoms with Gasteiger partial charge in [0.05, 0.1) is 25.4 Å². The van der Waals surface area contributed by atoms with Gasteiger partial charge in [0.2, 0.25) is 11.7 Å². The smallest absolute Gasteiger partial charge is 0.265 e. The number of rotatable bonds is 6.